The molecule has 0 saturated heterocycles. The standard InChI is InChI=1S/C22H23N5O3.C20H18N4O3.C18H14N4O3/c1-27(11-12-30-2)22(29)16-5-3-15(4-6-16)17-13-19(20(23)25-14-17)21(28)26-18-7-9-24-10-8-18;1-2-27-20(26)14-5-3-13(4-6-14)15-11-17(18(21)23-12-15)19(25)24-16-7-9-22-10-8-16;19-16-15(17(23)22-14-5-7-20-8-6-14)9-13(10-21-16)11-1-3-12(4-2-11)18(24)25/h3-10,13-14H,11-12H2,1-2H3,(H2,23,25)(H,24,26,28);3-12H,2H2,1H3,(H2,21,23)(H,22,24,25);1-10H,(H2,19,21)(H,24,25)(H,20,22,23). The predicted molar refractivity (Wildman–Crippen MR) is 311 cm³/mol. The topological polar surface area (TPSA) is 336 Å². The van der Waals surface area contributed by atoms with Gasteiger partial charge in [0, 0.05) is 116 Å². The zero-order valence-electron chi connectivity index (χ0n) is 44.5. The third kappa shape index (κ3) is 15.9. The molecule has 414 valence electrons. The average molecular weight is 1100 g/mol. The largest absolute Gasteiger partial charge is 0.478 e. The lowest BCUT2D eigenvalue weighted by atomic mass is 10.0. The van der Waals surface area contributed by atoms with Crippen LogP contribution in [0.25, 0.3) is 33.4 Å². The fourth-order valence-corrected chi connectivity index (χ4v) is 7.52. The summed E-state index contributed by atoms with van der Waals surface area (Å²) in [5.41, 5.74) is 25.8. The van der Waals surface area contributed by atoms with Gasteiger partial charge in [-0.25, -0.2) is 24.5 Å². The van der Waals surface area contributed by atoms with Gasteiger partial charge >= 0.3 is 11.9 Å². The number of benzene rings is 3. The fraction of sp³-hybridized carbons (Fsp3) is 0.100. The molecular formula is C60H55N13O9. The van der Waals surface area contributed by atoms with Gasteiger partial charge in [-0.1, -0.05) is 36.4 Å². The molecule has 0 unspecified atom stereocenters. The van der Waals surface area contributed by atoms with Gasteiger partial charge in [0.05, 0.1) is 41.0 Å². The van der Waals surface area contributed by atoms with E-state index in [1.54, 1.807) is 179 Å². The van der Waals surface area contributed by atoms with Crippen LogP contribution in [0.2, 0.25) is 0 Å². The van der Waals surface area contributed by atoms with Gasteiger partial charge < -0.3 is 52.6 Å². The van der Waals surface area contributed by atoms with E-state index in [4.69, 9.17) is 31.8 Å². The summed E-state index contributed by atoms with van der Waals surface area (Å²) in [6.45, 7) is 3.06. The van der Waals surface area contributed by atoms with Crippen LogP contribution >= 0.6 is 0 Å². The lowest BCUT2D eigenvalue weighted by Gasteiger charge is -2.16. The Balaban J connectivity index is 0.000000178. The van der Waals surface area contributed by atoms with Crippen molar-refractivity contribution in [3.8, 4) is 33.4 Å². The Morgan fingerprint density at radius 2 is 0.817 bits per heavy atom. The van der Waals surface area contributed by atoms with E-state index in [2.05, 4.69) is 45.9 Å². The first-order valence-electron chi connectivity index (χ1n) is 25.0. The van der Waals surface area contributed by atoms with Crippen LogP contribution in [-0.2, 0) is 9.47 Å². The smallest absolute Gasteiger partial charge is 0.338 e. The highest BCUT2D eigenvalue weighted by atomic mass is 16.5. The molecule has 4 amide bonds. The lowest BCUT2D eigenvalue weighted by molar-refractivity contribution is 0.0525. The van der Waals surface area contributed by atoms with Gasteiger partial charge in [0.2, 0.25) is 0 Å². The molecule has 0 fully saturated rings. The molecule has 10 N–H and O–H groups in total. The van der Waals surface area contributed by atoms with Crippen molar-refractivity contribution in [1.82, 2.24) is 34.8 Å². The van der Waals surface area contributed by atoms with Gasteiger partial charge in [-0.2, -0.15) is 0 Å². The number of nitrogens with one attached hydrogen (secondary N) is 3. The van der Waals surface area contributed by atoms with Crippen molar-refractivity contribution >= 4 is 70.1 Å². The number of esters is 1. The number of hydrogen-bond donors (Lipinski definition) is 7. The summed E-state index contributed by atoms with van der Waals surface area (Å²) in [4.78, 5) is 98.3. The number of amides is 4. The first kappa shape index (κ1) is 58.4. The van der Waals surface area contributed by atoms with Crippen LogP contribution < -0.4 is 33.2 Å². The highest BCUT2D eigenvalue weighted by Gasteiger charge is 2.18. The van der Waals surface area contributed by atoms with Crippen LogP contribution in [0.15, 0.2) is 183 Å². The Morgan fingerprint density at radius 1 is 0.488 bits per heavy atom. The van der Waals surface area contributed by atoms with E-state index >= 15 is 0 Å². The number of nitrogens with zero attached hydrogens (tertiary/aromatic N) is 7. The van der Waals surface area contributed by atoms with Crippen LogP contribution in [0.3, 0.4) is 0 Å². The highest BCUT2D eigenvalue weighted by Crippen LogP contribution is 2.27. The van der Waals surface area contributed by atoms with E-state index in [-0.39, 0.29) is 69.3 Å². The molecule has 0 aliphatic heterocycles. The van der Waals surface area contributed by atoms with Gasteiger partial charge in [0.1, 0.15) is 17.5 Å². The number of hydrogen-bond acceptors (Lipinski definition) is 17. The fourth-order valence-electron chi connectivity index (χ4n) is 7.52. The Hall–Kier alpha value is -11.3. The molecular weight excluding hydrogens is 1050 g/mol. The summed E-state index contributed by atoms with van der Waals surface area (Å²) in [6.07, 6.45) is 14.2. The van der Waals surface area contributed by atoms with E-state index in [9.17, 15) is 28.8 Å². The molecule has 0 aliphatic rings. The summed E-state index contributed by atoms with van der Waals surface area (Å²) in [5, 5.41) is 17.2. The number of methoxy groups -OCH3 is 1. The second-order valence-electron chi connectivity index (χ2n) is 17.5. The van der Waals surface area contributed by atoms with Gasteiger partial charge in [0.15, 0.2) is 0 Å². The number of rotatable bonds is 16. The number of aromatic nitrogens is 6. The molecule has 22 heteroatoms. The Kier molecular flexibility index (Phi) is 20.2. The maximum Gasteiger partial charge on any atom is 0.338 e. The molecule has 22 nitrogen and oxygen atoms in total. The number of likely N-dealkylation sites (N-methyl/N-ethyl adjacent to an activating group) is 1. The monoisotopic (exact) mass is 1100 g/mol. The van der Waals surface area contributed by atoms with Crippen molar-refractivity contribution in [3.05, 3.63) is 217 Å². The number of aromatic carboxylic acids is 1. The Morgan fingerprint density at radius 3 is 1.13 bits per heavy atom. The number of carboxylic acid groups (broad SMARTS) is 1. The normalized spacial score (nSPS) is 10.3. The van der Waals surface area contributed by atoms with Crippen LogP contribution in [0.5, 0.6) is 0 Å². The minimum Gasteiger partial charge on any atom is -0.478 e. The number of nitrogens with two attached hydrogens (primary N) is 3. The quantitative estimate of drug-likeness (QED) is 0.0445. The Bertz CT molecular complexity index is 3670. The minimum absolute atomic E-state index is 0.0913. The molecule has 0 saturated carbocycles. The molecule has 6 heterocycles. The number of carbonyl (C=O) groups is 6. The van der Waals surface area contributed by atoms with Crippen molar-refractivity contribution < 1.29 is 43.3 Å². The molecule has 0 radical (unpaired) electrons. The number of ether oxygens (including phenoxy) is 2. The summed E-state index contributed by atoms with van der Waals surface area (Å²) in [7, 11) is 3.33. The molecule has 3 aromatic carbocycles. The van der Waals surface area contributed by atoms with Gasteiger partial charge in [-0.15, -0.1) is 0 Å². The maximum absolute atomic E-state index is 12.6. The Labute approximate surface area is 470 Å². The maximum atomic E-state index is 12.6. The second-order valence-corrected chi connectivity index (χ2v) is 17.5. The number of nitrogen functional groups attached to an aromatic ring is 3. The molecule has 0 atom stereocenters. The van der Waals surface area contributed by atoms with Gasteiger partial charge in [0.25, 0.3) is 23.6 Å². The molecule has 0 bridgehead atoms. The first-order chi connectivity index (χ1) is 39.6. The number of carboxylic acids is 1. The third-order valence-electron chi connectivity index (χ3n) is 11.9. The van der Waals surface area contributed by atoms with Gasteiger partial charge in [-0.3, -0.25) is 34.1 Å². The minimum atomic E-state index is -1.00. The van der Waals surface area contributed by atoms with E-state index in [0.717, 1.165) is 22.3 Å². The number of anilines is 6. The van der Waals surface area contributed by atoms with Crippen molar-refractivity contribution in [1.29, 1.82) is 0 Å². The second kappa shape index (κ2) is 28.4. The van der Waals surface area contributed by atoms with Crippen LogP contribution in [0, 0.1) is 0 Å². The van der Waals surface area contributed by atoms with E-state index in [1.807, 2.05) is 12.1 Å². The summed E-state index contributed by atoms with van der Waals surface area (Å²) >= 11 is 0. The molecule has 0 spiro atoms. The van der Waals surface area contributed by atoms with Crippen molar-refractivity contribution in [2.45, 2.75) is 6.92 Å². The molecule has 9 rings (SSSR count). The predicted octanol–water partition coefficient (Wildman–Crippen LogP) is 8.53. The van der Waals surface area contributed by atoms with Crippen LogP contribution in [-0.4, -0.2) is 109 Å². The number of pyridine rings is 6. The average Bonchev–Trinajstić information content (AvgIpc) is 3.52. The number of carbonyl (C=O) groups excluding carboxylic acids is 5. The van der Waals surface area contributed by atoms with Crippen molar-refractivity contribution in [3.63, 3.8) is 0 Å². The zero-order chi connectivity index (χ0) is 58.5. The third-order valence-corrected chi connectivity index (χ3v) is 11.9. The van der Waals surface area contributed by atoms with Crippen LogP contribution in [0.4, 0.5) is 34.5 Å². The molecule has 82 heavy (non-hydrogen) atoms. The lowest BCUT2D eigenvalue weighted by Crippen LogP contribution is -2.29. The summed E-state index contributed by atoms with van der Waals surface area (Å²) < 4.78 is 9.98. The van der Waals surface area contributed by atoms with Gasteiger partial charge in [-0.05, 0) is 115 Å². The SMILES string of the molecule is CCOC(=O)c1ccc(-c2cnc(N)c(C(=O)Nc3ccncc3)c2)cc1.COCCN(C)C(=O)c1ccc(-c2cnc(N)c(C(=O)Nc3ccncc3)c2)cc1.Nc1ncc(-c2ccc(C(=O)O)cc2)cc1C(=O)Nc1ccncc1. The molecule has 0 aliphatic carbocycles. The van der Waals surface area contributed by atoms with E-state index < -0.39 is 5.97 Å². The summed E-state index contributed by atoms with van der Waals surface area (Å²) in [6, 6.07) is 35.3. The van der Waals surface area contributed by atoms with E-state index in [1.165, 1.54) is 18.3 Å². The highest BCUT2D eigenvalue weighted by molar-refractivity contribution is 6.09. The summed E-state index contributed by atoms with van der Waals surface area (Å²) in [5.74, 6) is -2.21. The molecule has 9 aromatic rings. The van der Waals surface area contributed by atoms with Crippen molar-refractivity contribution in [2.75, 3.05) is 67.1 Å². The zero-order valence-corrected chi connectivity index (χ0v) is 44.5. The molecule has 6 aromatic heterocycles. The van der Waals surface area contributed by atoms with E-state index in [0.29, 0.717) is 59.1 Å². The van der Waals surface area contributed by atoms with Crippen LogP contribution in [0.1, 0.15) is 69.1 Å². The van der Waals surface area contributed by atoms with Crippen molar-refractivity contribution in [2.24, 2.45) is 0 Å². The first-order valence-corrected chi connectivity index (χ1v) is 25.0.